The number of rotatable bonds is 9. The highest BCUT2D eigenvalue weighted by atomic mass is 16.7. The number of carbonyl (C=O) groups is 4. The molecule has 2 atom stereocenters. The average molecular weight is 622 g/mol. The third-order valence-electron chi connectivity index (χ3n) is 9.14. The fraction of sp³-hybridized carbons (Fsp3) is 0.515. The molecule has 2 aromatic carbocycles. The molecule has 4 heterocycles. The first kappa shape index (κ1) is 30.7. The lowest BCUT2D eigenvalue weighted by Crippen LogP contribution is -2.64. The number of fused-ring (bicyclic) bond motifs is 4. The van der Waals surface area contributed by atoms with Gasteiger partial charge in [-0.2, -0.15) is 0 Å². The summed E-state index contributed by atoms with van der Waals surface area (Å²) in [5.74, 6) is 0.787. The lowest BCUT2D eigenvalue weighted by molar-refractivity contribution is -0.155. The number of aryl methyl sites for hydroxylation is 1. The molecule has 1 N–H and O–H groups in total. The van der Waals surface area contributed by atoms with Gasteiger partial charge < -0.3 is 38.8 Å². The van der Waals surface area contributed by atoms with E-state index in [-0.39, 0.29) is 43.4 Å². The van der Waals surface area contributed by atoms with Gasteiger partial charge in [-0.25, -0.2) is 9.59 Å². The second-order valence-corrected chi connectivity index (χ2v) is 11.9. The maximum Gasteiger partial charge on any atom is 0.415 e. The van der Waals surface area contributed by atoms with Gasteiger partial charge in [0.15, 0.2) is 11.5 Å². The van der Waals surface area contributed by atoms with Crippen LogP contribution < -0.4 is 19.5 Å². The minimum absolute atomic E-state index is 0.000650. The van der Waals surface area contributed by atoms with Gasteiger partial charge >= 0.3 is 12.1 Å². The predicted octanol–water partition coefficient (Wildman–Crippen LogP) is 2.85. The van der Waals surface area contributed by atoms with Gasteiger partial charge in [-0.05, 0) is 73.4 Å². The number of esters is 1. The number of benzene rings is 2. The van der Waals surface area contributed by atoms with Crippen molar-refractivity contribution in [2.75, 3.05) is 40.2 Å². The zero-order chi connectivity index (χ0) is 31.3. The molecule has 4 fully saturated rings. The fourth-order valence-electron chi connectivity index (χ4n) is 6.76. The Kier molecular flexibility index (Phi) is 9.39. The van der Waals surface area contributed by atoms with Gasteiger partial charge in [-0.3, -0.25) is 9.59 Å². The number of ether oxygens (including phenoxy) is 5. The van der Waals surface area contributed by atoms with E-state index in [1.54, 1.807) is 34.1 Å². The van der Waals surface area contributed by atoms with Crippen molar-refractivity contribution in [3.05, 3.63) is 53.6 Å². The first-order chi connectivity index (χ1) is 21.9. The van der Waals surface area contributed by atoms with Crippen LogP contribution in [0.1, 0.15) is 43.2 Å². The zero-order valence-electron chi connectivity index (χ0n) is 25.4. The number of hydrogen-bond donors (Lipinski definition) is 1. The van der Waals surface area contributed by atoms with Crippen molar-refractivity contribution in [2.24, 2.45) is 5.92 Å². The largest absolute Gasteiger partial charge is 0.467 e. The summed E-state index contributed by atoms with van der Waals surface area (Å²) in [5, 5.41) is 2.91. The first-order valence-electron chi connectivity index (χ1n) is 15.6. The van der Waals surface area contributed by atoms with E-state index >= 15 is 0 Å². The van der Waals surface area contributed by atoms with Crippen LogP contribution in [0.2, 0.25) is 0 Å². The molecule has 12 heteroatoms. The molecule has 2 bridgehead atoms. The maximum atomic E-state index is 13.8. The van der Waals surface area contributed by atoms with Crippen molar-refractivity contribution in [3.63, 3.8) is 0 Å². The highest BCUT2D eigenvalue weighted by Crippen LogP contribution is 2.40. The molecule has 2 aromatic rings. The van der Waals surface area contributed by atoms with Crippen molar-refractivity contribution in [3.8, 4) is 17.2 Å². The van der Waals surface area contributed by atoms with Crippen LogP contribution in [-0.2, 0) is 36.7 Å². The standard InChI is InChI=1S/C33H39N3O9/c1-41-32(39)26(18-21-2-10-25(11-3-21)45-33(40)35-14-16-42-17-15-35)34-31(38)30-23-6-8-24(9-7-23)36(30)29(37)13-5-22-4-12-27-28(19-22)44-20-43-27/h2-4,10-12,19,23-24,26,30H,5-9,13-18,20H2,1H3,(H,34,38)/t23?,24?,26-,30?/m0/s1. The van der Waals surface area contributed by atoms with Crippen LogP contribution in [0.25, 0.3) is 0 Å². The summed E-state index contributed by atoms with van der Waals surface area (Å²) >= 11 is 0. The monoisotopic (exact) mass is 621 g/mol. The van der Waals surface area contributed by atoms with Crippen molar-refractivity contribution in [2.45, 2.75) is 63.1 Å². The van der Waals surface area contributed by atoms with E-state index in [2.05, 4.69) is 5.32 Å². The molecule has 1 saturated carbocycles. The van der Waals surface area contributed by atoms with Gasteiger partial charge in [0.25, 0.3) is 0 Å². The Morgan fingerprint density at radius 3 is 2.38 bits per heavy atom. The molecular weight excluding hydrogens is 582 g/mol. The fourth-order valence-corrected chi connectivity index (χ4v) is 6.76. The molecule has 4 aliphatic heterocycles. The zero-order valence-corrected chi connectivity index (χ0v) is 25.4. The van der Waals surface area contributed by atoms with Crippen LogP contribution in [0, 0.1) is 5.92 Å². The Hall–Kier alpha value is -4.32. The number of nitrogens with zero attached hydrogens (tertiary/aromatic N) is 2. The van der Waals surface area contributed by atoms with E-state index in [0.29, 0.717) is 50.0 Å². The number of morpholine rings is 1. The van der Waals surface area contributed by atoms with E-state index < -0.39 is 24.1 Å². The van der Waals surface area contributed by atoms with Gasteiger partial charge in [0.2, 0.25) is 18.6 Å². The third-order valence-corrected chi connectivity index (χ3v) is 9.14. The maximum absolute atomic E-state index is 13.8. The predicted molar refractivity (Wildman–Crippen MR) is 160 cm³/mol. The molecule has 0 aromatic heterocycles. The summed E-state index contributed by atoms with van der Waals surface area (Å²) in [4.78, 5) is 56.1. The van der Waals surface area contributed by atoms with Crippen LogP contribution in [0.4, 0.5) is 4.79 Å². The lowest BCUT2D eigenvalue weighted by Gasteiger charge is -2.50. The number of nitrogens with one attached hydrogen (secondary N) is 1. The highest BCUT2D eigenvalue weighted by molar-refractivity contribution is 5.91. The van der Waals surface area contributed by atoms with Crippen LogP contribution >= 0.6 is 0 Å². The average Bonchev–Trinajstić information content (AvgIpc) is 3.56. The van der Waals surface area contributed by atoms with E-state index in [4.69, 9.17) is 23.7 Å². The Morgan fingerprint density at radius 2 is 1.64 bits per heavy atom. The van der Waals surface area contributed by atoms with E-state index in [0.717, 1.165) is 36.8 Å². The summed E-state index contributed by atoms with van der Waals surface area (Å²) in [6.45, 7) is 2.09. The van der Waals surface area contributed by atoms with E-state index in [9.17, 15) is 19.2 Å². The van der Waals surface area contributed by atoms with Gasteiger partial charge in [-0.15, -0.1) is 0 Å². The third kappa shape index (κ3) is 7.00. The van der Waals surface area contributed by atoms with Crippen molar-refractivity contribution in [1.82, 2.24) is 15.1 Å². The molecule has 7 rings (SSSR count). The normalized spacial score (nSPS) is 22.5. The molecule has 3 saturated heterocycles. The molecule has 12 nitrogen and oxygen atoms in total. The van der Waals surface area contributed by atoms with Crippen molar-refractivity contribution < 1.29 is 42.9 Å². The smallest absolute Gasteiger partial charge is 0.415 e. The number of amides is 3. The molecule has 0 radical (unpaired) electrons. The van der Waals surface area contributed by atoms with Crippen molar-refractivity contribution in [1.29, 1.82) is 0 Å². The Bertz CT molecular complexity index is 1400. The van der Waals surface area contributed by atoms with Crippen LogP contribution in [0.3, 0.4) is 0 Å². The number of hydrogen-bond acceptors (Lipinski definition) is 9. The highest BCUT2D eigenvalue weighted by Gasteiger charge is 2.47. The van der Waals surface area contributed by atoms with Crippen LogP contribution in [0.5, 0.6) is 17.2 Å². The number of methoxy groups -OCH3 is 1. The summed E-state index contributed by atoms with van der Waals surface area (Å²) in [6.07, 6.45) is 3.97. The van der Waals surface area contributed by atoms with Gasteiger partial charge in [0, 0.05) is 32.0 Å². The topological polar surface area (TPSA) is 133 Å². The quantitative estimate of drug-likeness (QED) is 0.420. The molecule has 3 amide bonds. The minimum atomic E-state index is -0.949. The SMILES string of the molecule is COC(=O)[C@H](Cc1ccc(OC(=O)N2CCOCC2)cc1)NC(=O)C1C2CCC(CC2)N1C(=O)CCc1ccc2c(c1)OCO2. The minimum Gasteiger partial charge on any atom is -0.467 e. The second-order valence-electron chi connectivity index (χ2n) is 11.9. The Balaban J connectivity index is 1.09. The summed E-state index contributed by atoms with van der Waals surface area (Å²) in [5.41, 5.74) is 1.71. The van der Waals surface area contributed by atoms with Gasteiger partial charge in [0.05, 0.1) is 20.3 Å². The first-order valence-corrected chi connectivity index (χ1v) is 15.6. The molecule has 1 aliphatic carbocycles. The summed E-state index contributed by atoms with van der Waals surface area (Å²) < 4.78 is 26.6. The van der Waals surface area contributed by atoms with E-state index in [1.165, 1.54) is 7.11 Å². The van der Waals surface area contributed by atoms with E-state index in [1.807, 2.05) is 18.2 Å². The molecule has 45 heavy (non-hydrogen) atoms. The number of carbonyl (C=O) groups excluding carboxylic acids is 4. The summed E-state index contributed by atoms with van der Waals surface area (Å²) in [6, 6.07) is 10.9. The lowest BCUT2D eigenvalue weighted by atomic mass is 9.74. The molecular formula is C33H39N3O9. The number of piperidine rings is 2. The second kappa shape index (κ2) is 13.8. The Morgan fingerprint density at radius 1 is 0.933 bits per heavy atom. The Labute approximate surface area is 261 Å². The molecule has 0 spiro atoms. The van der Waals surface area contributed by atoms with Crippen molar-refractivity contribution >= 4 is 23.9 Å². The summed E-state index contributed by atoms with van der Waals surface area (Å²) in [7, 11) is 1.28. The molecule has 1 unspecified atom stereocenters. The van der Waals surface area contributed by atoms with Gasteiger partial charge in [0.1, 0.15) is 17.8 Å². The van der Waals surface area contributed by atoms with Crippen LogP contribution in [0.15, 0.2) is 42.5 Å². The molecule has 240 valence electrons. The van der Waals surface area contributed by atoms with Crippen LogP contribution in [-0.4, -0.2) is 92.0 Å². The van der Waals surface area contributed by atoms with Gasteiger partial charge in [-0.1, -0.05) is 18.2 Å². The molecule has 5 aliphatic rings.